The molecule has 3 aromatic rings. The zero-order valence-corrected chi connectivity index (χ0v) is 27.1. The number of aliphatic hydroxyl groups is 1. The highest BCUT2D eigenvalue weighted by molar-refractivity contribution is 6.71. The van der Waals surface area contributed by atoms with Crippen LogP contribution in [0, 0.1) is 5.92 Å². The van der Waals surface area contributed by atoms with Gasteiger partial charge in [-0.3, -0.25) is 14.3 Å². The van der Waals surface area contributed by atoms with Crippen LogP contribution in [0.4, 0.5) is 11.4 Å². The van der Waals surface area contributed by atoms with Crippen LogP contribution in [-0.4, -0.2) is 83.9 Å². The van der Waals surface area contributed by atoms with Crippen molar-refractivity contribution >= 4 is 31.5 Å². The van der Waals surface area contributed by atoms with Crippen molar-refractivity contribution in [1.82, 2.24) is 20.3 Å². The summed E-state index contributed by atoms with van der Waals surface area (Å²) in [5.74, 6) is -0.809. The van der Waals surface area contributed by atoms with Crippen molar-refractivity contribution in [3.05, 3.63) is 84.2 Å². The van der Waals surface area contributed by atoms with Crippen molar-refractivity contribution in [2.45, 2.75) is 56.1 Å². The van der Waals surface area contributed by atoms with Gasteiger partial charge in [-0.15, -0.1) is 11.7 Å². The summed E-state index contributed by atoms with van der Waals surface area (Å²) in [4.78, 5) is 42.3. The molecule has 0 bridgehead atoms. The van der Waals surface area contributed by atoms with Gasteiger partial charge in [0.1, 0.15) is 0 Å². The fourth-order valence-corrected chi connectivity index (χ4v) is 10.2. The number of piperazine rings is 1. The van der Waals surface area contributed by atoms with Crippen molar-refractivity contribution in [2.75, 3.05) is 42.6 Å². The normalized spacial score (nSPS) is 25.7. The third kappa shape index (κ3) is 5.44. The van der Waals surface area contributed by atoms with E-state index in [-0.39, 0.29) is 42.3 Å². The van der Waals surface area contributed by atoms with Crippen molar-refractivity contribution in [3.8, 4) is 0 Å². The van der Waals surface area contributed by atoms with Crippen LogP contribution in [0.1, 0.15) is 36.1 Å². The first-order valence-electron chi connectivity index (χ1n) is 15.6. The van der Waals surface area contributed by atoms with E-state index < -0.39 is 20.0 Å². The third-order valence-corrected chi connectivity index (χ3v) is 12.1. The van der Waals surface area contributed by atoms with Gasteiger partial charge in [0.25, 0.3) is 5.91 Å². The Kier molecular flexibility index (Phi) is 8.52. The minimum absolute atomic E-state index is 0.0227. The Labute approximate surface area is 264 Å². The van der Waals surface area contributed by atoms with Crippen LogP contribution in [0.5, 0.6) is 0 Å². The zero-order valence-electron chi connectivity index (χ0n) is 26.1. The topological polar surface area (TPSA) is 133 Å². The number of aryl methyl sites for hydroxylation is 1. The predicted octanol–water partition coefficient (Wildman–Crippen LogP) is 2.76. The number of aromatic nitrogens is 3. The molecule has 3 aliphatic rings. The Morgan fingerprint density at radius 2 is 2.00 bits per heavy atom. The van der Waals surface area contributed by atoms with Gasteiger partial charge in [-0.05, 0) is 43.3 Å². The maximum atomic E-state index is 14.4. The summed E-state index contributed by atoms with van der Waals surface area (Å²) in [6, 6.07) is 15.4. The molecular weight excluding hydrogens is 588 g/mol. The van der Waals surface area contributed by atoms with Crippen LogP contribution in [0.2, 0.25) is 18.6 Å². The second kappa shape index (κ2) is 12.3. The number of nitrogens with zero attached hydrogens (tertiary/aromatic N) is 5. The molecule has 1 spiro atoms. The van der Waals surface area contributed by atoms with Gasteiger partial charge in [-0.25, -0.2) is 0 Å². The van der Waals surface area contributed by atoms with Crippen molar-refractivity contribution in [1.29, 1.82) is 0 Å². The Morgan fingerprint density at radius 1 is 1.22 bits per heavy atom. The SMILES string of the molecule is C=CCN1C(=O)[C@@]2(O[C@@H](CCn3cc(C(CO)c4ccccc4)nn3)[C@H]([Si](C)(C)O)[C@H]2C)c2cc(N3CCNCC3=O)ccc21. The summed E-state index contributed by atoms with van der Waals surface area (Å²) < 4.78 is 8.69. The molecule has 45 heavy (non-hydrogen) atoms. The number of amides is 2. The van der Waals surface area contributed by atoms with Gasteiger partial charge in [-0.2, -0.15) is 0 Å². The van der Waals surface area contributed by atoms with Crippen molar-refractivity contribution < 1.29 is 24.2 Å². The number of hydrogen-bond donors (Lipinski definition) is 3. The molecule has 3 aliphatic heterocycles. The summed E-state index contributed by atoms with van der Waals surface area (Å²) in [6.45, 7) is 11.9. The van der Waals surface area contributed by atoms with E-state index in [9.17, 15) is 19.5 Å². The van der Waals surface area contributed by atoms with Crippen LogP contribution < -0.4 is 15.1 Å². The predicted molar refractivity (Wildman–Crippen MR) is 173 cm³/mol. The van der Waals surface area contributed by atoms with Gasteiger partial charge in [0.05, 0.1) is 36.6 Å². The first kappa shape index (κ1) is 31.3. The quantitative estimate of drug-likeness (QED) is 0.230. The van der Waals surface area contributed by atoms with Gasteiger partial charge < -0.3 is 29.8 Å². The van der Waals surface area contributed by atoms with Crippen LogP contribution >= 0.6 is 0 Å². The first-order chi connectivity index (χ1) is 21.6. The summed E-state index contributed by atoms with van der Waals surface area (Å²) >= 11 is 0. The number of carbonyl (C=O) groups excluding carboxylic acids is 2. The standard InChI is InChI=1S/C33H42N6O5Si/c1-5-15-39-28-12-11-24(38-17-14-34-19-30(38)41)18-26(28)33(32(39)42)22(2)31(45(3,4)43)29(44-33)13-16-37-20-27(35-36-37)25(21-40)23-9-7-6-8-10-23/h5-12,18,20,22,25,29,31,34,40,43H,1,13-17,19,21H2,2-4H3/t22-,25?,29+,31-,33+/m1/s1. The molecule has 5 atom stereocenters. The molecule has 0 aliphatic carbocycles. The van der Waals surface area contributed by atoms with Crippen molar-refractivity contribution in [3.63, 3.8) is 0 Å². The molecule has 2 amide bonds. The highest BCUT2D eigenvalue weighted by Crippen LogP contribution is 2.60. The van der Waals surface area contributed by atoms with E-state index in [4.69, 9.17) is 4.74 Å². The van der Waals surface area contributed by atoms with Crippen LogP contribution in [0.15, 0.2) is 67.4 Å². The summed E-state index contributed by atoms with van der Waals surface area (Å²) in [5.41, 5.74) is 2.27. The number of ether oxygens (including phenoxy) is 1. The lowest BCUT2D eigenvalue weighted by atomic mass is 9.82. The van der Waals surface area contributed by atoms with Crippen molar-refractivity contribution in [2.24, 2.45) is 5.92 Å². The van der Waals surface area contributed by atoms with Crippen LogP contribution in [-0.2, 0) is 26.5 Å². The van der Waals surface area contributed by atoms with E-state index >= 15 is 0 Å². The molecule has 0 radical (unpaired) electrons. The summed E-state index contributed by atoms with van der Waals surface area (Å²) in [7, 11) is -2.86. The maximum absolute atomic E-state index is 14.4. The summed E-state index contributed by atoms with van der Waals surface area (Å²) in [6.07, 6.45) is 3.63. The van der Waals surface area contributed by atoms with E-state index in [1.54, 1.807) is 20.6 Å². The first-order valence-corrected chi connectivity index (χ1v) is 18.7. The minimum Gasteiger partial charge on any atom is -0.432 e. The molecule has 238 valence electrons. The number of benzene rings is 2. The zero-order chi connectivity index (χ0) is 31.9. The molecule has 4 heterocycles. The highest BCUT2D eigenvalue weighted by Gasteiger charge is 2.66. The smallest absolute Gasteiger partial charge is 0.264 e. The van der Waals surface area contributed by atoms with E-state index in [0.717, 1.165) is 22.5 Å². The lowest BCUT2D eigenvalue weighted by molar-refractivity contribution is -0.145. The Bertz CT molecular complexity index is 1570. The monoisotopic (exact) mass is 630 g/mol. The Morgan fingerprint density at radius 3 is 2.69 bits per heavy atom. The fraction of sp³-hybridized carbons (Fsp3) is 0.455. The van der Waals surface area contributed by atoms with Gasteiger partial charge in [-0.1, -0.05) is 48.5 Å². The fourth-order valence-electron chi connectivity index (χ4n) is 7.59. The third-order valence-electron chi connectivity index (χ3n) is 9.62. The molecule has 2 aromatic carbocycles. The number of rotatable bonds is 10. The molecule has 1 unspecified atom stereocenters. The van der Waals surface area contributed by atoms with Crippen LogP contribution in [0.3, 0.4) is 0 Å². The second-order valence-electron chi connectivity index (χ2n) is 12.8. The molecule has 12 heteroatoms. The molecular formula is C33H42N6O5Si. The van der Waals surface area contributed by atoms with Gasteiger partial charge in [0, 0.05) is 55.1 Å². The Hall–Kier alpha value is -3.68. The molecule has 1 aromatic heterocycles. The number of carbonyl (C=O) groups is 2. The van der Waals surface area contributed by atoms with E-state index in [1.165, 1.54) is 0 Å². The molecule has 6 rings (SSSR count). The highest BCUT2D eigenvalue weighted by atomic mass is 28.4. The van der Waals surface area contributed by atoms with Gasteiger partial charge in [0.15, 0.2) is 13.9 Å². The minimum atomic E-state index is -2.86. The largest absolute Gasteiger partial charge is 0.432 e. The maximum Gasteiger partial charge on any atom is 0.264 e. The molecule has 0 saturated carbocycles. The number of fused-ring (bicyclic) bond motifs is 2. The molecule has 11 nitrogen and oxygen atoms in total. The lowest BCUT2D eigenvalue weighted by Crippen LogP contribution is -2.48. The number of nitrogens with one attached hydrogen (secondary N) is 1. The van der Waals surface area contributed by atoms with Gasteiger partial charge in [0.2, 0.25) is 5.91 Å². The van der Waals surface area contributed by atoms with E-state index in [0.29, 0.717) is 38.3 Å². The Balaban J connectivity index is 1.32. The molecule has 2 fully saturated rings. The second-order valence-corrected chi connectivity index (χ2v) is 16.8. The molecule has 3 N–H and O–H groups in total. The lowest BCUT2D eigenvalue weighted by Gasteiger charge is -2.33. The number of aliphatic hydroxyl groups excluding tert-OH is 1. The van der Waals surface area contributed by atoms with E-state index in [2.05, 4.69) is 22.2 Å². The number of anilines is 2. The molecule has 2 saturated heterocycles. The van der Waals surface area contributed by atoms with E-state index in [1.807, 2.05) is 74.7 Å². The van der Waals surface area contributed by atoms with Gasteiger partial charge >= 0.3 is 0 Å². The average molecular weight is 631 g/mol. The summed E-state index contributed by atoms with van der Waals surface area (Å²) in [5, 5.41) is 21.9. The number of hydrogen-bond acceptors (Lipinski definition) is 8. The van der Waals surface area contributed by atoms with Crippen LogP contribution in [0.25, 0.3) is 0 Å². The average Bonchev–Trinajstić information content (AvgIpc) is 3.68.